The zero-order valence-corrected chi connectivity index (χ0v) is 16.0. The molecule has 4 aromatic carbocycles. The Labute approximate surface area is 172 Å². The Balaban J connectivity index is 1.57. The Bertz CT molecular complexity index is 1210. The standard InChI is InChI=1S/C23H16ClN3O2/c24-20-11-5-6-12-21(20)26-22(28)23(29)27-25-14-19-17-9-3-1-7-15(17)13-16-8-2-4-10-18(16)19/h1-14H,(H,26,28)(H,27,29). The van der Waals surface area contributed by atoms with Crippen molar-refractivity contribution in [3.8, 4) is 0 Å². The lowest BCUT2D eigenvalue weighted by Crippen LogP contribution is -2.32. The number of halogens is 1. The number of hydrogen-bond donors (Lipinski definition) is 2. The Kier molecular flexibility index (Phi) is 5.22. The summed E-state index contributed by atoms with van der Waals surface area (Å²) < 4.78 is 0. The molecule has 2 N–H and O–H groups in total. The smallest absolute Gasteiger partial charge is 0.316 e. The molecule has 0 spiro atoms. The third kappa shape index (κ3) is 3.95. The van der Waals surface area contributed by atoms with Crippen molar-refractivity contribution in [3.05, 3.63) is 89.4 Å². The third-order valence-electron chi connectivity index (χ3n) is 4.50. The van der Waals surface area contributed by atoms with Crippen molar-refractivity contribution < 1.29 is 9.59 Å². The van der Waals surface area contributed by atoms with Gasteiger partial charge in [-0.05, 0) is 39.7 Å². The number of hydrogen-bond acceptors (Lipinski definition) is 3. The fourth-order valence-electron chi connectivity index (χ4n) is 3.14. The van der Waals surface area contributed by atoms with Crippen LogP contribution in [0.2, 0.25) is 5.02 Å². The molecule has 4 rings (SSSR count). The molecule has 0 radical (unpaired) electrons. The van der Waals surface area contributed by atoms with E-state index in [0.717, 1.165) is 27.1 Å². The van der Waals surface area contributed by atoms with Crippen LogP contribution in [0, 0.1) is 0 Å². The van der Waals surface area contributed by atoms with E-state index in [-0.39, 0.29) is 0 Å². The van der Waals surface area contributed by atoms with Gasteiger partial charge in [-0.1, -0.05) is 72.3 Å². The average Bonchev–Trinajstić information content (AvgIpc) is 2.74. The van der Waals surface area contributed by atoms with Crippen molar-refractivity contribution >= 4 is 56.9 Å². The molecule has 29 heavy (non-hydrogen) atoms. The minimum Gasteiger partial charge on any atom is -0.316 e. The first-order valence-corrected chi connectivity index (χ1v) is 9.31. The van der Waals surface area contributed by atoms with E-state index in [1.807, 2.05) is 48.5 Å². The molecule has 0 atom stereocenters. The summed E-state index contributed by atoms with van der Waals surface area (Å²) in [5, 5.41) is 11.0. The van der Waals surface area contributed by atoms with E-state index in [1.165, 1.54) is 0 Å². The minimum atomic E-state index is -0.884. The van der Waals surface area contributed by atoms with Gasteiger partial charge in [-0.2, -0.15) is 5.10 Å². The highest BCUT2D eigenvalue weighted by atomic mass is 35.5. The van der Waals surface area contributed by atoms with Crippen LogP contribution in [0.3, 0.4) is 0 Å². The van der Waals surface area contributed by atoms with Gasteiger partial charge in [-0.3, -0.25) is 9.59 Å². The quantitative estimate of drug-likeness (QED) is 0.225. The molecule has 0 aliphatic carbocycles. The number of amides is 2. The summed E-state index contributed by atoms with van der Waals surface area (Å²) in [5.41, 5.74) is 3.50. The SMILES string of the molecule is O=C(NN=Cc1c2ccccc2cc2ccccc12)C(=O)Nc1ccccc1Cl. The van der Waals surface area contributed by atoms with Gasteiger partial charge in [-0.15, -0.1) is 0 Å². The maximum absolute atomic E-state index is 12.1. The summed E-state index contributed by atoms with van der Waals surface area (Å²) >= 11 is 5.99. The highest BCUT2D eigenvalue weighted by molar-refractivity contribution is 6.41. The van der Waals surface area contributed by atoms with E-state index in [9.17, 15) is 9.59 Å². The van der Waals surface area contributed by atoms with E-state index in [2.05, 4.69) is 21.9 Å². The van der Waals surface area contributed by atoms with Crippen LogP contribution in [-0.2, 0) is 9.59 Å². The molecule has 0 aromatic heterocycles. The molecule has 142 valence electrons. The summed E-state index contributed by atoms with van der Waals surface area (Å²) in [5.74, 6) is -1.73. The Morgan fingerprint density at radius 1 is 0.793 bits per heavy atom. The third-order valence-corrected chi connectivity index (χ3v) is 4.83. The van der Waals surface area contributed by atoms with E-state index >= 15 is 0 Å². The van der Waals surface area contributed by atoms with Gasteiger partial charge in [0.25, 0.3) is 0 Å². The molecule has 0 saturated heterocycles. The number of benzene rings is 4. The molecular weight excluding hydrogens is 386 g/mol. The molecule has 0 saturated carbocycles. The van der Waals surface area contributed by atoms with Crippen LogP contribution in [-0.4, -0.2) is 18.0 Å². The fourth-order valence-corrected chi connectivity index (χ4v) is 3.32. The average molecular weight is 402 g/mol. The zero-order chi connectivity index (χ0) is 20.2. The molecule has 2 amide bonds. The lowest BCUT2D eigenvalue weighted by atomic mass is 9.97. The Morgan fingerprint density at radius 3 is 2.03 bits per heavy atom. The number of carbonyl (C=O) groups is 2. The number of fused-ring (bicyclic) bond motifs is 2. The van der Waals surface area contributed by atoms with Crippen LogP contribution in [0.15, 0.2) is 84.0 Å². The summed E-state index contributed by atoms with van der Waals surface area (Å²) in [6, 6.07) is 24.7. The molecule has 0 aliphatic rings. The summed E-state index contributed by atoms with van der Waals surface area (Å²) in [4.78, 5) is 24.2. The molecule has 4 aromatic rings. The molecule has 0 bridgehead atoms. The Morgan fingerprint density at radius 2 is 1.38 bits per heavy atom. The van der Waals surface area contributed by atoms with Crippen LogP contribution in [0.25, 0.3) is 21.5 Å². The lowest BCUT2D eigenvalue weighted by Gasteiger charge is -2.08. The zero-order valence-electron chi connectivity index (χ0n) is 15.2. The van der Waals surface area contributed by atoms with Crippen molar-refractivity contribution in [3.63, 3.8) is 0 Å². The normalized spacial score (nSPS) is 11.1. The summed E-state index contributed by atoms with van der Waals surface area (Å²) in [7, 11) is 0. The minimum absolute atomic E-state index is 0.347. The molecule has 0 heterocycles. The number of hydrazone groups is 1. The number of nitrogens with one attached hydrogen (secondary N) is 2. The first-order chi connectivity index (χ1) is 14.1. The topological polar surface area (TPSA) is 70.6 Å². The number of rotatable bonds is 3. The van der Waals surface area contributed by atoms with Gasteiger partial charge < -0.3 is 5.32 Å². The van der Waals surface area contributed by atoms with Crippen LogP contribution in [0.5, 0.6) is 0 Å². The van der Waals surface area contributed by atoms with Crippen molar-refractivity contribution in [2.45, 2.75) is 0 Å². The van der Waals surface area contributed by atoms with Gasteiger partial charge >= 0.3 is 11.8 Å². The fraction of sp³-hybridized carbons (Fsp3) is 0. The van der Waals surface area contributed by atoms with E-state index in [4.69, 9.17) is 11.6 Å². The second-order valence-electron chi connectivity index (χ2n) is 6.37. The number of para-hydroxylation sites is 1. The summed E-state index contributed by atoms with van der Waals surface area (Å²) in [6.45, 7) is 0. The lowest BCUT2D eigenvalue weighted by molar-refractivity contribution is -0.136. The largest absolute Gasteiger partial charge is 0.329 e. The van der Waals surface area contributed by atoms with Crippen molar-refractivity contribution in [2.24, 2.45) is 5.10 Å². The number of anilines is 1. The molecule has 0 unspecified atom stereocenters. The molecule has 5 nitrogen and oxygen atoms in total. The van der Waals surface area contributed by atoms with Crippen molar-refractivity contribution in [1.29, 1.82) is 0 Å². The summed E-state index contributed by atoms with van der Waals surface area (Å²) in [6.07, 6.45) is 1.56. The van der Waals surface area contributed by atoms with Gasteiger partial charge in [0.15, 0.2) is 0 Å². The first kappa shape index (κ1) is 18.7. The van der Waals surface area contributed by atoms with Gasteiger partial charge in [0.1, 0.15) is 0 Å². The number of nitrogens with zero attached hydrogens (tertiary/aromatic N) is 1. The van der Waals surface area contributed by atoms with E-state index in [1.54, 1.807) is 30.5 Å². The van der Waals surface area contributed by atoms with Crippen LogP contribution >= 0.6 is 11.6 Å². The molecule has 0 aliphatic heterocycles. The van der Waals surface area contributed by atoms with Crippen LogP contribution in [0.1, 0.15) is 5.56 Å². The second-order valence-corrected chi connectivity index (χ2v) is 6.77. The van der Waals surface area contributed by atoms with Gasteiger partial charge in [0, 0.05) is 5.56 Å². The predicted octanol–water partition coefficient (Wildman–Crippen LogP) is 4.74. The second kappa shape index (κ2) is 8.12. The van der Waals surface area contributed by atoms with Crippen molar-refractivity contribution in [2.75, 3.05) is 5.32 Å². The van der Waals surface area contributed by atoms with E-state index < -0.39 is 11.8 Å². The van der Waals surface area contributed by atoms with Crippen LogP contribution in [0.4, 0.5) is 5.69 Å². The monoisotopic (exact) mass is 401 g/mol. The van der Waals surface area contributed by atoms with Crippen LogP contribution < -0.4 is 10.7 Å². The highest BCUT2D eigenvalue weighted by Crippen LogP contribution is 2.27. The maximum atomic E-state index is 12.1. The molecule has 6 heteroatoms. The predicted molar refractivity (Wildman–Crippen MR) is 117 cm³/mol. The van der Waals surface area contributed by atoms with Gasteiger partial charge in [-0.25, -0.2) is 5.43 Å². The Hall–Kier alpha value is -3.70. The molecular formula is C23H16ClN3O2. The number of carbonyl (C=O) groups excluding carboxylic acids is 2. The molecule has 0 fully saturated rings. The van der Waals surface area contributed by atoms with Gasteiger partial charge in [0.2, 0.25) is 0 Å². The van der Waals surface area contributed by atoms with Gasteiger partial charge in [0.05, 0.1) is 16.9 Å². The van der Waals surface area contributed by atoms with E-state index in [0.29, 0.717) is 10.7 Å². The van der Waals surface area contributed by atoms with Crippen molar-refractivity contribution in [1.82, 2.24) is 5.43 Å². The maximum Gasteiger partial charge on any atom is 0.329 e. The highest BCUT2D eigenvalue weighted by Gasteiger charge is 2.14. The first-order valence-electron chi connectivity index (χ1n) is 8.93.